The van der Waals surface area contributed by atoms with Gasteiger partial charge in [-0.15, -0.1) is 0 Å². The standard InChI is InChI=1S/C7H12N/c1-7(2)5-3-8-4-6(5)7/h5,8H,3-4H2,1-2H3. The van der Waals surface area contributed by atoms with Gasteiger partial charge in [0.1, 0.15) is 0 Å². The number of piperidine rings is 1. The molecule has 1 heterocycles. The zero-order valence-corrected chi connectivity index (χ0v) is 5.49. The number of rotatable bonds is 0. The fourth-order valence-electron chi connectivity index (χ4n) is 1.82. The van der Waals surface area contributed by atoms with Gasteiger partial charge < -0.3 is 5.32 Å². The molecule has 1 aliphatic carbocycles. The van der Waals surface area contributed by atoms with E-state index in [4.69, 9.17) is 0 Å². The van der Waals surface area contributed by atoms with Crippen molar-refractivity contribution in [3.63, 3.8) is 0 Å². The Bertz CT molecular complexity index is 106. The summed E-state index contributed by atoms with van der Waals surface area (Å²) in [6, 6.07) is 0. The molecule has 1 unspecified atom stereocenters. The quantitative estimate of drug-likeness (QED) is 0.487. The van der Waals surface area contributed by atoms with Crippen LogP contribution in [0.25, 0.3) is 0 Å². The van der Waals surface area contributed by atoms with Crippen molar-refractivity contribution in [3.8, 4) is 0 Å². The lowest BCUT2D eigenvalue weighted by Crippen LogP contribution is -2.17. The highest BCUT2D eigenvalue weighted by atomic mass is 15.0. The Kier molecular flexibility index (Phi) is 0.663. The molecule has 8 heavy (non-hydrogen) atoms. The van der Waals surface area contributed by atoms with Gasteiger partial charge in [-0.3, -0.25) is 0 Å². The third-order valence-electron chi connectivity index (χ3n) is 2.70. The van der Waals surface area contributed by atoms with Crippen LogP contribution in [0.15, 0.2) is 0 Å². The minimum atomic E-state index is 0.616. The van der Waals surface area contributed by atoms with Crippen molar-refractivity contribution < 1.29 is 0 Å². The van der Waals surface area contributed by atoms with E-state index in [2.05, 4.69) is 19.2 Å². The summed E-state index contributed by atoms with van der Waals surface area (Å²) in [5.74, 6) is 2.68. The van der Waals surface area contributed by atoms with Crippen molar-refractivity contribution in [3.05, 3.63) is 5.92 Å². The lowest BCUT2D eigenvalue weighted by molar-refractivity contribution is 0.512. The average molecular weight is 110 g/mol. The molecule has 1 N–H and O–H groups in total. The second-order valence-electron chi connectivity index (χ2n) is 3.43. The van der Waals surface area contributed by atoms with E-state index in [9.17, 15) is 0 Å². The van der Waals surface area contributed by atoms with Gasteiger partial charge in [-0.2, -0.15) is 0 Å². The maximum atomic E-state index is 3.34. The number of nitrogens with one attached hydrogen (secondary N) is 1. The summed E-state index contributed by atoms with van der Waals surface area (Å²) in [4.78, 5) is 0. The predicted molar refractivity (Wildman–Crippen MR) is 33.4 cm³/mol. The summed E-state index contributed by atoms with van der Waals surface area (Å²) in [5.41, 5.74) is 0.616. The van der Waals surface area contributed by atoms with E-state index in [1.54, 1.807) is 5.92 Å². The molecule has 0 bridgehead atoms. The lowest BCUT2D eigenvalue weighted by atomic mass is 10.1. The molecule has 0 amide bonds. The van der Waals surface area contributed by atoms with Gasteiger partial charge in [0, 0.05) is 12.5 Å². The fourth-order valence-corrected chi connectivity index (χ4v) is 1.82. The first-order valence-corrected chi connectivity index (χ1v) is 3.30. The Hall–Kier alpha value is -0.0400. The van der Waals surface area contributed by atoms with Crippen molar-refractivity contribution >= 4 is 0 Å². The molecule has 2 fully saturated rings. The Morgan fingerprint density at radius 1 is 1.62 bits per heavy atom. The molecule has 1 radical (unpaired) electrons. The molecule has 2 aliphatic rings. The second-order valence-corrected chi connectivity index (χ2v) is 3.43. The second kappa shape index (κ2) is 1.10. The van der Waals surface area contributed by atoms with Crippen molar-refractivity contribution in [1.82, 2.24) is 5.32 Å². The number of fused-ring (bicyclic) bond motifs is 1. The Labute approximate surface area is 50.5 Å². The van der Waals surface area contributed by atoms with Crippen molar-refractivity contribution in [2.24, 2.45) is 11.3 Å². The molecule has 1 saturated heterocycles. The average Bonchev–Trinajstić information content (AvgIpc) is 2.22. The van der Waals surface area contributed by atoms with Crippen molar-refractivity contribution in [2.45, 2.75) is 13.8 Å². The minimum absolute atomic E-state index is 0.616. The smallest absolute Gasteiger partial charge is 0.00227 e. The van der Waals surface area contributed by atoms with Crippen LogP contribution in [-0.2, 0) is 0 Å². The predicted octanol–water partition coefficient (Wildman–Crippen LogP) is 0.820. The van der Waals surface area contributed by atoms with Gasteiger partial charge >= 0.3 is 0 Å². The Balaban J connectivity index is 2.13. The summed E-state index contributed by atoms with van der Waals surface area (Å²) in [7, 11) is 0. The van der Waals surface area contributed by atoms with Crippen LogP contribution in [0, 0.1) is 17.3 Å². The van der Waals surface area contributed by atoms with Crippen LogP contribution >= 0.6 is 0 Å². The largest absolute Gasteiger partial charge is 0.316 e. The van der Waals surface area contributed by atoms with Crippen LogP contribution in [0.1, 0.15) is 13.8 Å². The van der Waals surface area contributed by atoms with Crippen molar-refractivity contribution in [1.29, 1.82) is 0 Å². The van der Waals surface area contributed by atoms with Gasteiger partial charge in [-0.05, 0) is 17.9 Å². The molecule has 1 aliphatic heterocycles. The monoisotopic (exact) mass is 110 g/mol. The van der Waals surface area contributed by atoms with Gasteiger partial charge in [0.25, 0.3) is 0 Å². The van der Waals surface area contributed by atoms with E-state index in [1.807, 2.05) is 0 Å². The van der Waals surface area contributed by atoms with Crippen LogP contribution in [-0.4, -0.2) is 13.1 Å². The van der Waals surface area contributed by atoms with E-state index in [0.717, 1.165) is 5.92 Å². The molecule has 45 valence electrons. The molecule has 0 aromatic rings. The highest BCUT2D eigenvalue weighted by Gasteiger charge is 2.60. The van der Waals surface area contributed by atoms with E-state index in [0.29, 0.717) is 5.41 Å². The summed E-state index contributed by atoms with van der Waals surface area (Å²) in [6.45, 7) is 7.11. The van der Waals surface area contributed by atoms with Gasteiger partial charge in [-0.25, -0.2) is 0 Å². The molecule has 1 atom stereocenters. The summed E-state index contributed by atoms with van der Waals surface area (Å²) in [6.07, 6.45) is 0. The number of hydrogen-bond donors (Lipinski definition) is 1. The SMILES string of the molecule is CC1(C)[C]2CNCC21. The van der Waals surface area contributed by atoms with E-state index in [-0.39, 0.29) is 0 Å². The maximum Gasteiger partial charge on any atom is 0.00227 e. The highest BCUT2D eigenvalue weighted by molar-refractivity contribution is 5.33. The lowest BCUT2D eigenvalue weighted by Gasteiger charge is -2.05. The van der Waals surface area contributed by atoms with E-state index >= 15 is 0 Å². The summed E-state index contributed by atoms with van der Waals surface area (Å²) >= 11 is 0. The van der Waals surface area contributed by atoms with Crippen LogP contribution in [0.5, 0.6) is 0 Å². The van der Waals surface area contributed by atoms with Gasteiger partial charge in [0.15, 0.2) is 0 Å². The third kappa shape index (κ3) is 0.368. The Morgan fingerprint density at radius 3 is 2.62 bits per heavy atom. The topological polar surface area (TPSA) is 12.0 Å². The maximum absolute atomic E-state index is 3.34. The molecular weight excluding hydrogens is 98.1 g/mol. The van der Waals surface area contributed by atoms with Crippen LogP contribution in [0.4, 0.5) is 0 Å². The van der Waals surface area contributed by atoms with Crippen LogP contribution in [0.2, 0.25) is 0 Å². The molecule has 2 rings (SSSR count). The van der Waals surface area contributed by atoms with E-state index < -0.39 is 0 Å². The first kappa shape index (κ1) is 4.80. The molecular formula is C7H12N. The number of hydrogen-bond acceptors (Lipinski definition) is 1. The fraction of sp³-hybridized carbons (Fsp3) is 0.857. The van der Waals surface area contributed by atoms with Gasteiger partial charge in [0.2, 0.25) is 0 Å². The van der Waals surface area contributed by atoms with Crippen molar-refractivity contribution in [2.75, 3.05) is 13.1 Å². The first-order valence-electron chi connectivity index (χ1n) is 3.30. The molecule has 0 aromatic carbocycles. The van der Waals surface area contributed by atoms with Crippen LogP contribution in [0.3, 0.4) is 0 Å². The third-order valence-corrected chi connectivity index (χ3v) is 2.70. The summed E-state index contributed by atoms with van der Waals surface area (Å²) in [5, 5.41) is 3.34. The zero-order valence-electron chi connectivity index (χ0n) is 5.49. The molecule has 1 saturated carbocycles. The Morgan fingerprint density at radius 2 is 2.38 bits per heavy atom. The zero-order chi connectivity index (χ0) is 5.78. The molecule has 1 nitrogen and oxygen atoms in total. The summed E-state index contributed by atoms with van der Waals surface area (Å²) < 4.78 is 0. The molecule has 0 spiro atoms. The molecule has 0 aromatic heterocycles. The molecule has 1 heteroatoms. The van der Waals surface area contributed by atoms with Crippen LogP contribution < -0.4 is 5.32 Å². The highest BCUT2D eigenvalue weighted by Crippen LogP contribution is 2.61. The minimum Gasteiger partial charge on any atom is -0.316 e. The van der Waals surface area contributed by atoms with Gasteiger partial charge in [0.05, 0.1) is 0 Å². The van der Waals surface area contributed by atoms with E-state index in [1.165, 1.54) is 13.1 Å². The first-order chi connectivity index (χ1) is 3.73. The van der Waals surface area contributed by atoms with Gasteiger partial charge in [-0.1, -0.05) is 13.8 Å². The normalized spacial score (nSPS) is 42.0.